The SMILES string of the molecule is Cc1cc(C)c(B(c2ccccc2)c2ccc3ccc4c(N(c5ccc6c(c5)C(C)(C)c5ccccc5-6)c5ccccc5-c5ccccc5)ccc5ccc2c3c54)c(C)c1. The van der Waals surface area contributed by atoms with Crippen LogP contribution in [0.1, 0.15) is 41.7 Å². The zero-order valence-electron chi connectivity index (χ0n) is 34.9. The maximum Gasteiger partial charge on any atom is 0.242 e. The van der Waals surface area contributed by atoms with Crippen molar-refractivity contribution in [3.63, 3.8) is 0 Å². The molecule has 0 saturated heterocycles. The van der Waals surface area contributed by atoms with E-state index >= 15 is 0 Å². The van der Waals surface area contributed by atoms with E-state index in [0.717, 1.165) is 11.4 Å². The number of nitrogens with zero attached hydrogens (tertiary/aromatic N) is 1. The predicted octanol–water partition coefficient (Wildman–Crippen LogP) is 13.5. The van der Waals surface area contributed by atoms with E-state index in [1.165, 1.54) is 104 Å². The fourth-order valence-corrected chi connectivity index (χ4v) is 10.8. The summed E-state index contributed by atoms with van der Waals surface area (Å²) in [6.45, 7) is 11.6. The number of fused-ring (bicyclic) bond motifs is 3. The van der Waals surface area contributed by atoms with Gasteiger partial charge in [0.25, 0.3) is 0 Å². The Morgan fingerprint density at radius 3 is 1.78 bits per heavy atom. The quantitative estimate of drug-likeness (QED) is 0.115. The number of anilines is 3. The van der Waals surface area contributed by atoms with E-state index in [2.05, 4.69) is 228 Å². The van der Waals surface area contributed by atoms with Crippen LogP contribution in [0.2, 0.25) is 0 Å². The fraction of sp³-hybridized carbons (Fsp3) is 0.103. The van der Waals surface area contributed by atoms with Crippen molar-refractivity contribution >= 4 is 72.5 Å². The maximum atomic E-state index is 2.53. The van der Waals surface area contributed by atoms with Crippen LogP contribution in [0.3, 0.4) is 0 Å². The molecule has 0 amide bonds. The average molecular weight is 768 g/mol. The molecule has 60 heavy (non-hydrogen) atoms. The molecule has 0 aliphatic heterocycles. The van der Waals surface area contributed by atoms with Gasteiger partial charge in [-0.1, -0.05) is 211 Å². The summed E-state index contributed by atoms with van der Waals surface area (Å²) in [5, 5.41) is 7.71. The van der Waals surface area contributed by atoms with E-state index < -0.39 is 0 Å². The minimum absolute atomic E-state index is 0.0870. The van der Waals surface area contributed by atoms with E-state index in [0.29, 0.717) is 0 Å². The van der Waals surface area contributed by atoms with Gasteiger partial charge in [0, 0.05) is 22.1 Å². The molecule has 0 fully saturated rings. The lowest BCUT2D eigenvalue weighted by atomic mass is 9.35. The average Bonchev–Trinajstić information content (AvgIpc) is 3.50. The standard InChI is InChI=1S/C58H46BN/c1-37-34-38(2)57(39(3)35-37)59(43-18-10-7-11-19-43)52-32-26-41-25-30-49-54(33-27-42-24-29-48(52)55(41)56(42)49)60(53-23-15-13-20-45(53)40-16-8-6-9-17-40)44-28-31-47-46-21-12-14-22-50(46)58(4,5)51(47)36-44/h6-36H,1-5H3. The fourth-order valence-electron chi connectivity index (χ4n) is 10.8. The van der Waals surface area contributed by atoms with Gasteiger partial charge in [0.2, 0.25) is 6.71 Å². The molecule has 0 bridgehead atoms. The Morgan fingerprint density at radius 2 is 1.03 bits per heavy atom. The monoisotopic (exact) mass is 767 g/mol. The van der Waals surface area contributed by atoms with Crippen molar-refractivity contribution in [2.45, 2.75) is 40.0 Å². The maximum absolute atomic E-state index is 2.53. The van der Waals surface area contributed by atoms with Gasteiger partial charge in [-0.3, -0.25) is 0 Å². The van der Waals surface area contributed by atoms with E-state index in [1.54, 1.807) is 0 Å². The van der Waals surface area contributed by atoms with Crippen molar-refractivity contribution in [1.82, 2.24) is 0 Å². The molecule has 2 heteroatoms. The van der Waals surface area contributed by atoms with Crippen LogP contribution < -0.4 is 21.3 Å². The van der Waals surface area contributed by atoms with Gasteiger partial charge in [0.05, 0.1) is 11.4 Å². The highest BCUT2D eigenvalue weighted by Gasteiger charge is 2.36. The molecule has 0 spiro atoms. The van der Waals surface area contributed by atoms with Crippen molar-refractivity contribution in [1.29, 1.82) is 0 Å². The molecule has 0 aromatic heterocycles. The highest BCUT2D eigenvalue weighted by atomic mass is 15.1. The minimum atomic E-state index is -0.130. The highest BCUT2D eigenvalue weighted by Crippen LogP contribution is 2.52. The summed E-state index contributed by atoms with van der Waals surface area (Å²) >= 11 is 0. The van der Waals surface area contributed by atoms with Gasteiger partial charge < -0.3 is 4.90 Å². The Hall–Kier alpha value is -6.90. The smallest absolute Gasteiger partial charge is 0.242 e. The van der Waals surface area contributed by atoms with Crippen molar-refractivity contribution in [2.75, 3.05) is 4.90 Å². The lowest BCUT2D eigenvalue weighted by Crippen LogP contribution is -2.54. The molecule has 1 nitrogen and oxygen atoms in total. The first kappa shape index (κ1) is 36.2. The number of para-hydroxylation sites is 1. The van der Waals surface area contributed by atoms with Crippen LogP contribution in [0.5, 0.6) is 0 Å². The number of hydrogen-bond donors (Lipinski definition) is 0. The molecule has 286 valence electrons. The van der Waals surface area contributed by atoms with Gasteiger partial charge in [-0.15, -0.1) is 0 Å². The summed E-state index contributed by atoms with van der Waals surface area (Å²) in [5.41, 5.74) is 19.2. The molecule has 10 aromatic rings. The van der Waals surface area contributed by atoms with Gasteiger partial charge in [0.1, 0.15) is 0 Å². The first-order valence-corrected chi connectivity index (χ1v) is 21.3. The molecule has 0 heterocycles. The highest BCUT2D eigenvalue weighted by molar-refractivity contribution is 6.97. The zero-order chi connectivity index (χ0) is 40.7. The summed E-state index contributed by atoms with van der Waals surface area (Å²) in [4.78, 5) is 2.53. The summed E-state index contributed by atoms with van der Waals surface area (Å²) < 4.78 is 0. The Morgan fingerprint density at radius 1 is 0.450 bits per heavy atom. The van der Waals surface area contributed by atoms with Gasteiger partial charge in [-0.2, -0.15) is 0 Å². The third kappa shape index (κ3) is 5.55. The third-order valence-corrected chi connectivity index (χ3v) is 13.4. The molecular formula is C58H46BN. The second kappa shape index (κ2) is 13.9. The van der Waals surface area contributed by atoms with Gasteiger partial charge >= 0.3 is 0 Å². The molecule has 0 radical (unpaired) electrons. The Balaban J connectivity index is 1.19. The predicted molar refractivity (Wildman–Crippen MR) is 260 cm³/mol. The Bertz CT molecular complexity index is 3250. The molecule has 11 rings (SSSR count). The van der Waals surface area contributed by atoms with Crippen molar-refractivity contribution in [3.05, 3.63) is 216 Å². The summed E-state index contributed by atoms with van der Waals surface area (Å²) in [5.74, 6) is 0. The van der Waals surface area contributed by atoms with E-state index in [4.69, 9.17) is 0 Å². The first-order valence-electron chi connectivity index (χ1n) is 21.3. The van der Waals surface area contributed by atoms with Crippen LogP contribution in [-0.4, -0.2) is 6.71 Å². The van der Waals surface area contributed by atoms with Crippen LogP contribution in [0.25, 0.3) is 54.6 Å². The second-order valence-corrected chi connectivity index (χ2v) is 17.4. The Labute approximate surface area is 354 Å². The van der Waals surface area contributed by atoms with E-state index in [9.17, 15) is 0 Å². The Kier molecular flexibility index (Phi) is 8.36. The molecular weight excluding hydrogens is 721 g/mol. The number of hydrogen-bond acceptors (Lipinski definition) is 1. The topological polar surface area (TPSA) is 3.24 Å². The number of aryl methyl sites for hydroxylation is 3. The summed E-state index contributed by atoms with van der Waals surface area (Å²) in [6.07, 6.45) is 0. The molecule has 0 saturated carbocycles. The minimum Gasteiger partial charge on any atom is -0.309 e. The van der Waals surface area contributed by atoms with Crippen LogP contribution in [-0.2, 0) is 5.41 Å². The van der Waals surface area contributed by atoms with Crippen LogP contribution in [0.4, 0.5) is 17.1 Å². The van der Waals surface area contributed by atoms with Crippen LogP contribution >= 0.6 is 0 Å². The van der Waals surface area contributed by atoms with Gasteiger partial charge in [0.15, 0.2) is 0 Å². The van der Waals surface area contributed by atoms with E-state index in [-0.39, 0.29) is 12.1 Å². The molecule has 0 unspecified atom stereocenters. The molecule has 10 aromatic carbocycles. The largest absolute Gasteiger partial charge is 0.309 e. The molecule has 0 N–H and O–H groups in total. The molecule has 0 atom stereocenters. The van der Waals surface area contributed by atoms with Crippen LogP contribution in [0.15, 0.2) is 188 Å². The first-order chi connectivity index (χ1) is 29.3. The van der Waals surface area contributed by atoms with Crippen molar-refractivity contribution in [2.24, 2.45) is 0 Å². The molecule has 1 aliphatic rings. The van der Waals surface area contributed by atoms with E-state index in [1.807, 2.05) is 0 Å². The summed E-state index contributed by atoms with van der Waals surface area (Å²) in [6, 6.07) is 70.5. The van der Waals surface area contributed by atoms with Gasteiger partial charge in [-0.05, 0) is 99.8 Å². The van der Waals surface area contributed by atoms with Gasteiger partial charge in [-0.25, -0.2) is 0 Å². The number of rotatable bonds is 7. The zero-order valence-corrected chi connectivity index (χ0v) is 34.9. The normalized spacial score (nSPS) is 12.9. The molecule has 1 aliphatic carbocycles. The lowest BCUT2D eigenvalue weighted by Gasteiger charge is -2.31. The third-order valence-electron chi connectivity index (χ3n) is 13.4. The second-order valence-electron chi connectivity index (χ2n) is 17.4. The lowest BCUT2D eigenvalue weighted by molar-refractivity contribution is 0.660. The number of benzene rings is 10. The van der Waals surface area contributed by atoms with Crippen molar-refractivity contribution in [3.8, 4) is 22.3 Å². The van der Waals surface area contributed by atoms with Crippen molar-refractivity contribution < 1.29 is 0 Å². The summed E-state index contributed by atoms with van der Waals surface area (Å²) in [7, 11) is 0. The van der Waals surface area contributed by atoms with Crippen LogP contribution in [0, 0.1) is 20.8 Å².